The molecule has 0 saturated carbocycles. The number of thioether (sulfide) groups is 1. The van der Waals surface area contributed by atoms with Crippen molar-refractivity contribution < 1.29 is 13.2 Å². The van der Waals surface area contributed by atoms with Gasteiger partial charge < -0.3 is 5.32 Å². The standard InChI is InChI=1S/C24H25ClN2O3S2/c1-3-32(29,30)27-22-14-13-21(15-17(22)2)26-23(28)16-31-24(18-7-5-4-6-8-18)19-9-11-20(25)12-10-19/h4-15,24,27H,3,16H2,1-2H3,(H,26,28). The minimum absolute atomic E-state index is 0.00164. The van der Waals surface area contributed by atoms with E-state index in [1.807, 2.05) is 54.6 Å². The number of hydrogen-bond acceptors (Lipinski definition) is 4. The first kappa shape index (κ1) is 24.2. The van der Waals surface area contributed by atoms with Gasteiger partial charge in [-0.2, -0.15) is 0 Å². The van der Waals surface area contributed by atoms with Crippen molar-refractivity contribution >= 4 is 50.7 Å². The molecular weight excluding hydrogens is 464 g/mol. The predicted molar refractivity (Wildman–Crippen MR) is 135 cm³/mol. The van der Waals surface area contributed by atoms with Crippen molar-refractivity contribution in [3.05, 3.63) is 94.5 Å². The van der Waals surface area contributed by atoms with Crippen molar-refractivity contribution in [3.8, 4) is 0 Å². The van der Waals surface area contributed by atoms with Crippen molar-refractivity contribution in [3.63, 3.8) is 0 Å². The van der Waals surface area contributed by atoms with Gasteiger partial charge in [0.05, 0.1) is 22.4 Å². The van der Waals surface area contributed by atoms with E-state index in [0.29, 0.717) is 16.4 Å². The Balaban J connectivity index is 1.68. The lowest BCUT2D eigenvalue weighted by Gasteiger charge is -2.18. The predicted octanol–water partition coefficient (Wildman–Crippen LogP) is 5.87. The first-order valence-corrected chi connectivity index (χ1v) is 13.2. The first-order chi connectivity index (χ1) is 15.3. The molecule has 0 bridgehead atoms. The molecule has 8 heteroatoms. The van der Waals surface area contributed by atoms with E-state index in [1.165, 1.54) is 11.8 Å². The molecule has 0 aliphatic heterocycles. The molecule has 3 aromatic rings. The first-order valence-electron chi connectivity index (χ1n) is 10.1. The highest BCUT2D eigenvalue weighted by molar-refractivity contribution is 8.00. The van der Waals surface area contributed by atoms with Gasteiger partial charge in [-0.3, -0.25) is 9.52 Å². The van der Waals surface area contributed by atoms with Crippen LogP contribution in [0.4, 0.5) is 11.4 Å². The Hall–Kier alpha value is -2.48. The zero-order valence-electron chi connectivity index (χ0n) is 17.8. The van der Waals surface area contributed by atoms with Gasteiger partial charge in [0.1, 0.15) is 0 Å². The Kier molecular flexibility index (Phi) is 8.23. The molecule has 0 fully saturated rings. The summed E-state index contributed by atoms with van der Waals surface area (Å²) >= 11 is 7.57. The number of amides is 1. The highest BCUT2D eigenvalue weighted by Crippen LogP contribution is 2.36. The third-order valence-corrected chi connectivity index (χ3v) is 7.66. The fourth-order valence-corrected chi connectivity index (χ4v) is 5.03. The van der Waals surface area contributed by atoms with Gasteiger partial charge in [-0.25, -0.2) is 8.42 Å². The van der Waals surface area contributed by atoms with Gasteiger partial charge in [0, 0.05) is 10.7 Å². The molecule has 1 atom stereocenters. The van der Waals surface area contributed by atoms with Crippen LogP contribution in [0.25, 0.3) is 0 Å². The molecule has 0 radical (unpaired) electrons. The summed E-state index contributed by atoms with van der Waals surface area (Å²) in [6.45, 7) is 3.38. The monoisotopic (exact) mass is 488 g/mol. The number of nitrogens with one attached hydrogen (secondary N) is 2. The topological polar surface area (TPSA) is 75.3 Å². The zero-order valence-corrected chi connectivity index (χ0v) is 20.2. The van der Waals surface area contributed by atoms with Crippen LogP contribution in [-0.2, 0) is 14.8 Å². The van der Waals surface area contributed by atoms with E-state index in [1.54, 1.807) is 32.0 Å². The van der Waals surface area contributed by atoms with Crippen LogP contribution in [0.3, 0.4) is 0 Å². The van der Waals surface area contributed by atoms with E-state index in [4.69, 9.17) is 11.6 Å². The van der Waals surface area contributed by atoms with Gasteiger partial charge >= 0.3 is 0 Å². The molecule has 0 aliphatic carbocycles. The molecule has 0 aliphatic rings. The lowest BCUT2D eigenvalue weighted by atomic mass is 10.0. The van der Waals surface area contributed by atoms with E-state index in [2.05, 4.69) is 10.0 Å². The minimum Gasteiger partial charge on any atom is -0.325 e. The Bertz CT molecular complexity index is 1170. The smallest absolute Gasteiger partial charge is 0.234 e. The molecule has 3 aromatic carbocycles. The minimum atomic E-state index is -3.35. The molecule has 0 saturated heterocycles. The number of aryl methyl sites for hydroxylation is 1. The Labute approximate surface area is 198 Å². The molecule has 1 amide bonds. The SMILES string of the molecule is CCS(=O)(=O)Nc1ccc(NC(=O)CSC(c2ccccc2)c2ccc(Cl)cc2)cc1C. The molecule has 168 valence electrons. The number of anilines is 2. The van der Waals surface area contributed by atoms with Gasteiger partial charge in [-0.05, 0) is 60.9 Å². The van der Waals surface area contributed by atoms with Gasteiger partial charge in [0.2, 0.25) is 15.9 Å². The van der Waals surface area contributed by atoms with Crippen molar-refractivity contribution in [2.45, 2.75) is 19.1 Å². The van der Waals surface area contributed by atoms with Crippen LogP contribution in [0.5, 0.6) is 0 Å². The number of halogens is 1. The molecule has 1 unspecified atom stereocenters. The second-order valence-electron chi connectivity index (χ2n) is 7.24. The summed E-state index contributed by atoms with van der Waals surface area (Å²) < 4.78 is 26.1. The lowest BCUT2D eigenvalue weighted by Crippen LogP contribution is -2.17. The lowest BCUT2D eigenvalue weighted by molar-refractivity contribution is -0.113. The highest BCUT2D eigenvalue weighted by Gasteiger charge is 2.17. The maximum atomic E-state index is 12.6. The van der Waals surface area contributed by atoms with Gasteiger partial charge in [-0.15, -0.1) is 11.8 Å². The summed E-state index contributed by atoms with van der Waals surface area (Å²) in [7, 11) is -3.35. The van der Waals surface area contributed by atoms with Gasteiger partial charge in [-0.1, -0.05) is 54.1 Å². The number of hydrogen-bond donors (Lipinski definition) is 2. The normalized spacial score (nSPS) is 12.2. The molecule has 0 aromatic heterocycles. The van der Waals surface area contributed by atoms with E-state index in [0.717, 1.165) is 16.7 Å². The molecule has 2 N–H and O–H groups in total. The highest BCUT2D eigenvalue weighted by atomic mass is 35.5. The summed E-state index contributed by atoms with van der Waals surface area (Å²) in [4.78, 5) is 12.6. The third-order valence-electron chi connectivity index (χ3n) is 4.81. The number of carbonyl (C=O) groups excluding carboxylic acids is 1. The summed E-state index contributed by atoms with van der Waals surface area (Å²) in [5, 5.41) is 3.56. The van der Waals surface area contributed by atoms with Crippen molar-refractivity contribution in [1.29, 1.82) is 0 Å². The second-order valence-corrected chi connectivity index (χ2v) is 10.8. The van der Waals surface area contributed by atoms with E-state index >= 15 is 0 Å². The average Bonchev–Trinajstić information content (AvgIpc) is 2.78. The van der Waals surface area contributed by atoms with E-state index < -0.39 is 10.0 Å². The van der Waals surface area contributed by atoms with Gasteiger partial charge in [0.15, 0.2) is 0 Å². The Morgan fingerprint density at radius 1 is 1.00 bits per heavy atom. The second kappa shape index (κ2) is 10.9. The fraction of sp³-hybridized carbons (Fsp3) is 0.208. The average molecular weight is 489 g/mol. The summed E-state index contributed by atoms with van der Waals surface area (Å²) in [5.74, 6) is 0.121. The number of sulfonamides is 1. The van der Waals surface area contributed by atoms with Crippen LogP contribution >= 0.6 is 23.4 Å². The van der Waals surface area contributed by atoms with Crippen molar-refractivity contribution in [1.82, 2.24) is 0 Å². The van der Waals surface area contributed by atoms with Crippen LogP contribution in [0.15, 0.2) is 72.8 Å². The van der Waals surface area contributed by atoms with Crippen LogP contribution in [0.2, 0.25) is 5.02 Å². The molecule has 0 spiro atoms. The van der Waals surface area contributed by atoms with Crippen molar-refractivity contribution in [2.75, 3.05) is 21.5 Å². The molecule has 0 heterocycles. The quantitative estimate of drug-likeness (QED) is 0.395. The van der Waals surface area contributed by atoms with E-state index in [9.17, 15) is 13.2 Å². The third kappa shape index (κ3) is 6.76. The summed E-state index contributed by atoms with van der Waals surface area (Å²) in [6, 6.07) is 22.8. The van der Waals surface area contributed by atoms with Gasteiger partial charge in [0.25, 0.3) is 0 Å². The summed E-state index contributed by atoms with van der Waals surface area (Å²) in [5.41, 5.74) is 4.04. The molecule has 32 heavy (non-hydrogen) atoms. The number of rotatable bonds is 9. The maximum absolute atomic E-state index is 12.6. The molecule has 5 nitrogen and oxygen atoms in total. The molecular formula is C24H25ClN2O3S2. The Morgan fingerprint density at radius 2 is 1.66 bits per heavy atom. The van der Waals surface area contributed by atoms with Crippen molar-refractivity contribution in [2.24, 2.45) is 0 Å². The number of carbonyl (C=O) groups is 1. The van der Waals surface area contributed by atoms with E-state index in [-0.39, 0.29) is 22.7 Å². The van der Waals surface area contributed by atoms with Crippen LogP contribution < -0.4 is 10.0 Å². The molecule has 3 rings (SSSR count). The Morgan fingerprint density at radius 3 is 2.28 bits per heavy atom. The maximum Gasteiger partial charge on any atom is 0.234 e. The largest absolute Gasteiger partial charge is 0.325 e. The van der Waals surface area contributed by atoms with Crippen LogP contribution in [-0.4, -0.2) is 25.8 Å². The fourth-order valence-electron chi connectivity index (χ4n) is 3.10. The number of benzene rings is 3. The summed E-state index contributed by atoms with van der Waals surface area (Å²) in [6.07, 6.45) is 0. The zero-order chi connectivity index (χ0) is 23.1. The van der Waals surface area contributed by atoms with Crippen LogP contribution in [0, 0.1) is 6.92 Å². The van der Waals surface area contributed by atoms with Crippen LogP contribution in [0.1, 0.15) is 28.9 Å².